The van der Waals surface area contributed by atoms with Gasteiger partial charge in [-0.3, -0.25) is 4.57 Å². The van der Waals surface area contributed by atoms with Crippen LogP contribution >= 0.6 is 0 Å². The van der Waals surface area contributed by atoms with Crippen LogP contribution in [-0.2, 0) is 0 Å². The SMILES string of the molecule is [B]c1c([B])c(C)c([B])c(-c2ccc(-c3ccccc3)cc2-n2c3ccccc3c3ccc4c5ccccc5n(-c5nc(-c6ccccc6)nc(-c6ccccc6)n5)c4c32)c1[B]. The first kappa shape index (κ1) is 36.7. The molecule has 0 saturated heterocycles. The van der Waals surface area contributed by atoms with Gasteiger partial charge in [-0.25, -0.2) is 4.98 Å². The minimum atomic E-state index is 0.308. The Morgan fingerprint density at radius 3 is 1.46 bits per heavy atom. The lowest BCUT2D eigenvalue weighted by molar-refractivity contribution is 0.953. The Kier molecular flexibility index (Phi) is 8.67. The van der Waals surface area contributed by atoms with E-state index in [0.717, 1.165) is 77.1 Å². The lowest BCUT2D eigenvalue weighted by Crippen LogP contribution is -2.46. The number of hydrogen-bond acceptors (Lipinski definition) is 3. The monoisotopic (exact) mass is 769 g/mol. The lowest BCUT2D eigenvalue weighted by Gasteiger charge is -2.24. The number of hydrogen-bond donors (Lipinski definition) is 0. The number of benzene rings is 8. The van der Waals surface area contributed by atoms with Crippen molar-refractivity contribution in [3.8, 4) is 56.7 Å². The second-order valence-electron chi connectivity index (χ2n) is 15.3. The minimum Gasteiger partial charge on any atom is -0.307 e. The van der Waals surface area contributed by atoms with Gasteiger partial charge in [0.15, 0.2) is 11.6 Å². The predicted octanol–water partition coefficient (Wildman–Crippen LogP) is 8.22. The van der Waals surface area contributed by atoms with E-state index in [9.17, 15) is 0 Å². The number of fused-ring (bicyclic) bond motifs is 7. The van der Waals surface area contributed by atoms with Crippen LogP contribution in [0.25, 0.3) is 100 Å². The van der Waals surface area contributed by atoms with E-state index in [-0.39, 0.29) is 0 Å². The summed E-state index contributed by atoms with van der Waals surface area (Å²) in [6.45, 7) is 1.88. The highest BCUT2D eigenvalue weighted by Crippen LogP contribution is 2.43. The van der Waals surface area contributed by atoms with Gasteiger partial charge in [0, 0.05) is 38.2 Å². The van der Waals surface area contributed by atoms with Crippen molar-refractivity contribution in [1.82, 2.24) is 24.1 Å². The minimum absolute atomic E-state index is 0.308. The standard InChI is InChI=1S/C52H31B4N5/c1-30-44(53)43(46(55)47(56)45(30)54)39-26-25-34(31-15-5-2-6-16-31)29-42(39)60-40-23-13-11-21-35(40)37-27-28-38-36-22-12-14-24-41(36)61(49(38)48(37)60)52-58-50(32-17-7-3-8-18-32)57-51(59-52)33-19-9-4-10-20-33/h2-29H,1H3. The van der Waals surface area contributed by atoms with Crippen LogP contribution in [0.5, 0.6) is 0 Å². The van der Waals surface area contributed by atoms with E-state index in [2.05, 4.69) is 100 Å². The van der Waals surface area contributed by atoms with E-state index in [1.807, 2.05) is 85.8 Å². The average molecular weight is 769 g/mol. The number of para-hydroxylation sites is 2. The molecule has 276 valence electrons. The van der Waals surface area contributed by atoms with Gasteiger partial charge >= 0.3 is 0 Å². The summed E-state index contributed by atoms with van der Waals surface area (Å²) >= 11 is 0. The molecule has 3 heterocycles. The van der Waals surface area contributed by atoms with Gasteiger partial charge in [-0.05, 0) is 41.8 Å². The van der Waals surface area contributed by atoms with E-state index in [0.29, 0.717) is 50.6 Å². The van der Waals surface area contributed by atoms with E-state index in [1.54, 1.807) is 0 Å². The average Bonchev–Trinajstić information content (AvgIpc) is 3.84. The lowest BCUT2D eigenvalue weighted by atomic mass is 9.63. The van der Waals surface area contributed by atoms with E-state index in [4.69, 9.17) is 46.3 Å². The van der Waals surface area contributed by atoms with E-state index in [1.165, 1.54) is 0 Å². The summed E-state index contributed by atoms with van der Waals surface area (Å²) in [6.07, 6.45) is 0. The number of nitrogens with zero attached hydrogens (tertiary/aromatic N) is 5. The zero-order valence-electron chi connectivity index (χ0n) is 33.2. The fourth-order valence-corrected chi connectivity index (χ4v) is 8.84. The van der Waals surface area contributed by atoms with Crippen LogP contribution in [0.15, 0.2) is 170 Å². The van der Waals surface area contributed by atoms with Gasteiger partial charge in [-0.15, -0.1) is 10.9 Å². The molecule has 3 aromatic heterocycles. The van der Waals surface area contributed by atoms with Crippen molar-refractivity contribution in [1.29, 1.82) is 0 Å². The van der Waals surface area contributed by atoms with Gasteiger partial charge in [0.2, 0.25) is 5.95 Å². The van der Waals surface area contributed by atoms with Gasteiger partial charge in [0.1, 0.15) is 31.4 Å². The van der Waals surface area contributed by atoms with Crippen LogP contribution in [0, 0.1) is 6.92 Å². The van der Waals surface area contributed by atoms with Gasteiger partial charge in [-0.1, -0.05) is 168 Å². The van der Waals surface area contributed by atoms with E-state index >= 15 is 0 Å². The Labute approximate surface area is 358 Å². The molecule has 8 aromatic carbocycles. The molecular formula is C52H31B4N5. The van der Waals surface area contributed by atoms with Crippen molar-refractivity contribution in [2.45, 2.75) is 6.92 Å². The van der Waals surface area contributed by atoms with Crippen molar-refractivity contribution < 1.29 is 0 Å². The molecule has 0 N–H and O–H groups in total. The summed E-state index contributed by atoms with van der Waals surface area (Å²) in [6, 6.07) is 58.2. The quantitative estimate of drug-likeness (QED) is 0.160. The summed E-state index contributed by atoms with van der Waals surface area (Å²) in [5, 5.41) is 4.24. The number of rotatable bonds is 6. The molecule has 0 aliphatic rings. The molecule has 61 heavy (non-hydrogen) atoms. The maximum absolute atomic E-state index is 7.00. The second-order valence-corrected chi connectivity index (χ2v) is 15.3. The molecule has 0 atom stereocenters. The molecule has 0 fully saturated rings. The molecule has 9 heteroatoms. The summed E-state index contributed by atoms with van der Waals surface area (Å²) in [4.78, 5) is 15.6. The Morgan fingerprint density at radius 2 is 0.885 bits per heavy atom. The van der Waals surface area contributed by atoms with Gasteiger partial charge < -0.3 is 4.57 Å². The molecule has 0 bridgehead atoms. The molecule has 0 aliphatic heterocycles. The highest BCUT2D eigenvalue weighted by molar-refractivity contribution is 6.61. The predicted molar refractivity (Wildman–Crippen MR) is 257 cm³/mol. The first-order valence-electron chi connectivity index (χ1n) is 20.1. The third-order valence-electron chi connectivity index (χ3n) is 11.9. The third kappa shape index (κ3) is 5.79. The molecule has 0 unspecified atom stereocenters. The zero-order valence-corrected chi connectivity index (χ0v) is 33.2. The van der Waals surface area contributed by atoms with Crippen molar-refractivity contribution in [2.24, 2.45) is 0 Å². The third-order valence-corrected chi connectivity index (χ3v) is 11.9. The van der Waals surface area contributed by atoms with Crippen LogP contribution in [0.2, 0.25) is 0 Å². The fraction of sp³-hybridized carbons (Fsp3) is 0.0192. The molecule has 11 rings (SSSR count). The number of aromatic nitrogens is 5. The Morgan fingerprint density at radius 1 is 0.393 bits per heavy atom. The normalized spacial score (nSPS) is 11.6. The molecule has 5 nitrogen and oxygen atoms in total. The van der Waals surface area contributed by atoms with Gasteiger partial charge in [-0.2, -0.15) is 9.97 Å². The fourth-order valence-electron chi connectivity index (χ4n) is 8.84. The van der Waals surface area contributed by atoms with Crippen molar-refractivity contribution in [3.63, 3.8) is 0 Å². The van der Waals surface area contributed by atoms with Gasteiger partial charge in [0.25, 0.3) is 0 Å². The highest BCUT2D eigenvalue weighted by atomic mass is 15.2. The summed E-state index contributed by atoms with van der Waals surface area (Å²) < 4.78 is 4.53. The largest absolute Gasteiger partial charge is 0.307 e. The molecule has 0 saturated carbocycles. The summed E-state index contributed by atoms with van der Waals surface area (Å²) in [5.41, 5.74) is 12.2. The van der Waals surface area contributed by atoms with E-state index < -0.39 is 0 Å². The highest BCUT2D eigenvalue weighted by Gasteiger charge is 2.26. The first-order valence-corrected chi connectivity index (χ1v) is 20.1. The second kappa shape index (κ2) is 14.4. The topological polar surface area (TPSA) is 48.5 Å². The molecule has 0 spiro atoms. The molecule has 8 radical (unpaired) electrons. The Hall–Kier alpha value is -7.37. The zero-order chi connectivity index (χ0) is 41.4. The smallest absolute Gasteiger partial charge is 0.238 e. The summed E-state index contributed by atoms with van der Waals surface area (Å²) in [5.74, 6) is 1.64. The van der Waals surface area contributed by atoms with Crippen molar-refractivity contribution >= 4 is 96.8 Å². The van der Waals surface area contributed by atoms with Crippen LogP contribution in [0.1, 0.15) is 5.56 Å². The van der Waals surface area contributed by atoms with Crippen LogP contribution < -0.4 is 21.9 Å². The first-order chi connectivity index (χ1) is 29.9. The summed E-state index contributed by atoms with van der Waals surface area (Å²) in [7, 11) is 27.0. The Bertz CT molecular complexity index is 3440. The van der Waals surface area contributed by atoms with Crippen LogP contribution in [0.3, 0.4) is 0 Å². The maximum atomic E-state index is 7.00. The molecule has 0 amide bonds. The Balaban J connectivity index is 1.33. The van der Waals surface area contributed by atoms with Crippen LogP contribution in [-0.4, -0.2) is 55.5 Å². The maximum Gasteiger partial charge on any atom is 0.238 e. The molecule has 11 aromatic rings. The molecular weight excluding hydrogens is 738 g/mol. The molecule has 0 aliphatic carbocycles. The van der Waals surface area contributed by atoms with Crippen molar-refractivity contribution in [3.05, 3.63) is 175 Å². The van der Waals surface area contributed by atoms with Gasteiger partial charge in [0.05, 0.1) is 27.8 Å². The van der Waals surface area contributed by atoms with Crippen molar-refractivity contribution in [2.75, 3.05) is 0 Å². The van der Waals surface area contributed by atoms with Crippen LogP contribution in [0.4, 0.5) is 0 Å².